The molecule has 3 rings (SSSR count). The third-order valence-corrected chi connectivity index (χ3v) is 4.29. The third-order valence-electron chi connectivity index (χ3n) is 4.29. The molecule has 0 saturated carbocycles. The second-order valence-corrected chi connectivity index (χ2v) is 5.20. The summed E-state index contributed by atoms with van der Waals surface area (Å²) in [7, 11) is 3.42. The van der Waals surface area contributed by atoms with E-state index in [4.69, 9.17) is 9.47 Å². The van der Waals surface area contributed by atoms with E-state index < -0.39 is 0 Å². The molecule has 18 heavy (non-hydrogen) atoms. The first-order valence-corrected chi connectivity index (χ1v) is 6.82. The number of hydrogen-bond donors (Lipinski definition) is 0. The highest BCUT2D eigenvalue weighted by Gasteiger charge is 2.30. The molecular weight excluding hydrogens is 226 g/mol. The second kappa shape index (κ2) is 4.81. The van der Waals surface area contributed by atoms with Gasteiger partial charge >= 0.3 is 0 Å². The zero-order valence-electron chi connectivity index (χ0n) is 11.2. The fourth-order valence-corrected chi connectivity index (χ4v) is 3.34. The highest BCUT2D eigenvalue weighted by molar-refractivity contribution is 5.49. The lowest BCUT2D eigenvalue weighted by atomic mass is 9.86. The highest BCUT2D eigenvalue weighted by atomic mass is 16.5. The molecule has 0 aliphatic carbocycles. The van der Waals surface area contributed by atoms with E-state index in [1.54, 1.807) is 14.2 Å². The maximum Gasteiger partial charge on any atom is 0.161 e. The summed E-state index contributed by atoms with van der Waals surface area (Å²) in [4.78, 5) is 2.62. The number of hydrogen-bond acceptors (Lipinski definition) is 3. The smallest absolute Gasteiger partial charge is 0.161 e. The first kappa shape index (κ1) is 11.8. The number of fused-ring (bicyclic) bond motifs is 3. The van der Waals surface area contributed by atoms with Crippen LogP contribution in [0.4, 0.5) is 0 Å². The molecule has 3 nitrogen and oxygen atoms in total. The Morgan fingerprint density at radius 2 is 1.83 bits per heavy atom. The predicted octanol–water partition coefficient (Wildman–Crippen LogP) is 2.79. The van der Waals surface area contributed by atoms with Gasteiger partial charge in [0.25, 0.3) is 0 Å². The van der Waals surface area contributed by atoms with Crippen LogP contribution in [-0.2, 0) is 6.42 Å². The summed E-state index contributed by atoms with van der Waals surface area (Å²) in [6.07, 6.45) is 5.10. The van der Waals surface area contributed by atoms with Crippen molar-refractivity contribution in [1.82, 2.24) is 4.90 Å². The van der Waals surface area contributed by atoms with E-state index in [-0.39, 0.29) is 0 Å². The minimum atomic E-state index is 0.599. The van der Waals surface area contributed by atoms with Crippen molar-refractivity contribution in [2.75, 3.05) is 27.3 Å². The summed E-state index contributed by atoms with van der Waals surface area (Å²) in [5, 5.41) is 0. The fraction of sp³-hybridized carbons (Fsp3) is 0.600. The summed E-state index contributed by atoms with van der Waals surface area (Å²) in [6.45, 7) is 2.44. The number of methoxy groups -OCH3 is 2. The van der Waals surface area contributed by atoms with E-state index in [1.807, 2.05) is 0 Å². The van der Waals surface area contributed by atoms with Crippen molar-refractivity contribution < 1.29 is 9.47 Å². The molecule has 0 amide bonds. The minimum absolute atomic E-state index is 0.599. The molecule has 0 N–H and O–H groups in total. The molecule has 1 fully saturated rings. The zero-order valence-corrected chi connectivity index (χ0v) is 11.2. The Morgan fingerprint density at radius 1 is 1.06 bits per heavy atom. The van der Waals surface area contributed by atoms with E-state index in [1.165, 1.54) is 43.5 Å². The maximum atomic E-state index is 5.44. The standard InChI is InChI=1S/C15H21NO2/c1-17-14-9-11-6-8-16-7-4-3-5-13(16)12(11)10-15(14)18-2/h9-10,13H,3-8H2,1-2H3/t13-/m1/s1. The summed E-state index contributed by atoms with van der Waals surface area (Å²) in [5.41, 5.74) is 2.90. The predicted molar refractivity (Wildman–Crippen MR) is 71.4 cm³/mol. The molecule has 2 aliphatic rings. The molecule has 2 aliphatic heterocycles. The van der Waals surface area contributed by atoms with Crippen LogP contribution in [0.15, 0.2) is 12.1 Å². The summed E-state index contributed by atoms with van der Waals surface area (Å²) in [5.74, 6) is 1.73. The van der Waals surface area contributed by atoms with Gasteiger partial charge in [-0.25, -0.2) is 0 Å². The quantitative estimate of drug-likeness (QED) is 0.802. The Morgan fingerprint density at radius 3 is 2.61 bits per heavy atom. The molecule has 3 heteroatoms. The average Bonchev–Trinajstić information content (AvgIpc) is 2.45. The van der Waals surface area contributed by atoms with Crippen molar-refractivity contribution in [2.45, 2.75) is 31.7 Å². The Labute approximate surface area is 109 Å². The van der Waals surface area contributed by atoms with Gasteiger partial charge in [0.1, 0.15) is 0 Å². The molecule has 1 aromatic rings. The van der Waals surface area contributed by atoms with E-state index in [2.05, 4.69) is 17.0 Å². The van der Waals surface area contributed by atoms with Crippen molar-refractivity contribution in [3.05, 3.63) is 23.3 Å². The molecule has 0 spiro atoms. The average molecular weight is 247 g/mol. The Kier molecular flexibility index (Phi) is 3.16. The Balaban J connectivity index is 2.02. The molecule has 98 valence electrons. The van der Waals surface area contributed by atoms with Crippen LogP contribution in [0.25, 0.3) is 0 Å². The lowest BCUT2D eigenvalue weighted by Gasteiger charge is -2.40. The van der Waals surface area contributed by atoms with Crippen molar-refractivity contribution in [1.29, 1.82) is 0 Å². The molecule has 2 heterocycles. The number of piperidine rings is 1. The van der Waals surface area contributed by atoms with E-state index in [9.17, 15) is 0 Å². The zero-order chi connectivity index (χ0) is 12.5. The normalized spacial score (nSPS) is 23.1. The Hall–Kier alpha value is -1.22. The molecular formula is C15H21NO2. The SMILES string of the molecule is COc1cc2c(cc1OC)[C@H]1CCCCN1CC2. The monoisotopic (exact) mass is 247 g/mol. The summed E-state index contributed by atoms with van der Waals surface area (Å²) < 4.78 is 10.8. The molecule has 0 bridgehead atoms. The third kappa shape index (κ3) is 1.87. The van der Waals surface area contributed by atoms with Crippen molar-refractivity contribution in [2.24, 2.45) is 0 Å². The lowest BCUT2D eigenvalue weighted by Crippen LogP contribution is -2.38. The van der Waals surface area contributed by atoms with Crippen LogP contribution in [0.2, 0.25) is 0 Å². The Bertz CT molecular complexity index is 444. The molecule has 0 radical (unpaired) electrons. The van der Waals surface area contributed by atoms with Gasteiger partial charge in [-0.3, -0.25) is 4.90 Å². The van der Waals surface area contributed by atoms with Gasteiger partial charge in [-0.15, -0.1) is 0 Å². The first-order chi connectivity index (χ1) is 8.83. The van der Waals surface area contributed by atoms with Gasteiger partial charge < -0.3 is 9.47 Å². The summed E-state index contributed by atoms with van der Waals surface area (Å²) in [6, 6.07) is 4.96. The van der Waals surface area contributed by atoms with Crippen LogP contribution in [0.5, 0.6) is 11.5 Å². The van der Waals surface area contributed by atoms with E-state index >= 15 is 0 Å². The lowest BCUT2D eigenvalue weighted by molar-refractivity contribution is 0.138. The van der Waals surface area contributed by atoms with E-state index in [0.29, 0.717) is 6.04 Å². The summed E-state index contributed by atoms with van der Waals surface area (Å²) >= 11 is 0. The van der Waals surface area contributed by atoms with Gasteiger partial charge in [0.15, 0.2) is 11.5 Å². The van der Waals surface area contributed by atoms with Gasteiger partial charge in [-0.1, -0.05) is 6.42 Å². The highest BCUT2D eigenvalue weighted by Crippen LogP contribution is 2.41. The minimum Gasteiger partial charge on any atom is -0.493 e. The van der Waals surface area contributed by atoms with Crippen LogP contribution >= 0.6 is 0 Å². The molecule has 0 aromatic heterocycles. The van der Waals surface area contributed by atoms with Crippen LogP contribution < -0.4 is 9.47 Å². The maximum absolute atomic E-state index is 5.44. The second-order valence-electron chi connectivity index (χ2n) is 5.20. The number of rotatable bonds is 2. The van der Waals surface area contributed by atoms with Crippen molar-refractivity contribution in [3.63, 3.8) is 0 Å². The largest absolute Gasteiger partial charge is 0.493 e. The first-order valence-electron chi connectivity index (χ1n) is 6.82. The van der Waals surface area contributed by atoms with Crippen LogP contribution in [-0.4, -0.2) is 32.2 Å². The topological polar surface area (TPSA) is 21.7 Å². The number of ether oxygens (including phenoxy) is 2. The molecule has 0 unspecified atom stereocenters. The van der Waals surface area contributed by atoms with Gasteiger partial charge in [0.2, 0.25) is 0 Å². The molecule has 1 aromatic carbocycles. The van der Waals surface area contributed by atoms with Gasteiger partial charge in [0, 0.05) is 12.6 Å². The van der Waals surface area contributed by atoms with E-state index in [0.717, 1.165) is 17.9 Å². The molecule has 1 atom stereocenters. The molecule has 1 saturated heterocycles. The fourth-order valence-electron chi connectivity index (χ4n) is 3.34. The number of nitrogens with zero attached hydrogens (tertiary/aromatic N) is 1. The van der Waals surface area contributed by atoms with Gasteiger partial charge in [-0.2, -0.15) is 0 Å². The van der Waals surface area contributed by atoms with Crippen molar-refractivity contribution >= 4 is 0 Å². The van der Waals surface area contributed by atoms with Crippen LogP contribution in [0.1, 0.15) is 36.4 Å². The van der Waals surface area contributed by atoms with Crippen LogP contribution in [0, 0.1) is 0 Å². The van der Waals surface area contributed by atoms with Crippen molar-refractivity contribution in [3.8, 4) is 11.5 Å². The number of benzene rings is 1. The van der Waals surface area contributed by atoms with Crippen LogP contribution in [0.3, 0.4) is 0 Å². The van der Waals surface area contributed by atoms with Gasteiger partial charge in [-0.05, 0) is 49.1 Å². The van der Waals surface area contributed by atoms with Gasteiger partial charge in [0.05, 0.1) is 14.2 Å².